The fraction of sp³-hybridized carbons (Fsp3) is 0.833. The highest BCUT2D eigenvalue weighted by atomic mass is 16.7. The largest absolute Gasteiger partial charge is 0.355 e. The van der Waals surface area contributed by atoms with E-state index >= 15 is 0 Å². The lowest BCUT2D eigenvalue weighted by Gasteiger charge is -2.19. The first kappa shape index (κ1) is 6.05. The van der Waals surface area contributed by atoms with Gasteiger partial charge in [0, 0.05) is 5.92 Å². The second-order valence-corrected chi connectivity index (χ2v) is 1.96. The maximum Gasteiger partial charge on any atom is 0.147 e. The van der Waals surface area contributed by atoms with Crippen LogP contribution in [0.1, 0.15) is 13.3 Å². The Morgan fingerprint density at radius 2 is 2.62 bits per heavy atom. The molecule has 1 aliphatic heterocycles. The lowest BCUT2D eigenvalue weighted by atomic mass is 10.1. The average Bonchev–Trinajstić information content (AvgIpc) is 1.90. The topological polar surface area (TPSA) is 18.5 Å². The van der Waals surface area contributed by atoms with Gasteiger partial charge in [-0.2, -0.15) is 0 Å². The highest BCUT2D eigenvalue weighted by Gasteiger charge is 2.11. The lowest BCUT2D eigenvalue weighted by Crippen LogP contribution is -2.18. The Morgan fingerprint density at radius 3 is 3.00 bits per heavy atom. The summed E-state index contributed by atoms with van der Waals surface area (Å²) in [6.07, 6.45) is 1.11. The zero-order valence-corrected chi connectivity index (χ0v) is 5.09. The Hall–Kier alpha value is -0.0800. The average molecular weight is 115 g/mol. The molecule has 0 aliphatic carbocycles. The molecule has 1 unspecified atom stereocenters. The molecule has 1 atom stereocenters. The van der Waals surface area contributed by atoms with Crippen LogP contribution in [0.4, 0.5) is 0 Å². The molecule has 0 bridgehead atoms. The van der Waals surface area contributed by atoms with Crippen molar-refractivity contribution in [3.05, 3.63) is 6.61 Å². The van der Waals surface area contributed by atoms with Crippen molar-refractivity contribution in [3.63, 3.8) is 0 Å². The molecule has 1 aliphatic rings. The zero-order chi connectivity index (χ0) is 5.82. The van der Waals surface area contributed by atoms with Crippen LogP contribution < -0.4 is 0 Å². The monoisotopic (exact) mass is 115 g/mol. The van der Waals surface area contributed by atoms with E-state index in [0.29, 0.717) is 12.7 Å². The standard InChI is InChI=1S/C6H11O2/c1-2-6-3-7-5-8-4-6/h3,6H,2,4-5H2,1H3. The summed E-state index contributed by atoms with van der Waals surface area (Å²) in [4.78, 5) is 0. The molecule has 0 aromatic heterocycles. The molecule has 0 aromatic rings. The minimum atomic E-state index is 0.441. The first-order chi connectivity index (χ1) is 3.93. The first-order valence-corrected chi connectivity index (χ1v) is 2.96. The van der Waals surface area contributed by atoms with Crippen LogP contribution in [0.25, 0.3) is 0 Å². The molecule has 2 nitrogen and oxygen atoms in total. The number of ether oxygens (including phenoxy) is 2. The molecule has 1 fully saturated rings. The number of hydrogen-bond acceptors (Lipinski definition) is 2. The SMILES string of the molecule is CCC1[CH]OCOC1. The van der Waals surface area contributed by atoms with Crippen molar-refractivity contribution >= 4 is 0 Å². The smallest absolute Gasteiger partial charge is 0.147 e. The Balaban J connectivity index is 2.13. The second kappa shape index (κ2) is 3.05. The van der Waals surface area contributed by atoms with Crippen LogP contribution >= 0.6 is 0 Å². The van der Waals surface area contributed by atoms with E-state index in [9.17, 15) is 0 Å². The summed E-state index contributed by atoms with van der Waals surface area (Å²) in [5.74, 6) is 0.517. The maximum absolute atomic E-state index is 5.02. The van der Waals surface area contributed by atoms with Gasteiger partial charge in [-0.3, -0.25) is 0 Å². The fourth-order valence-electron chi connectivity index (χ4n) is 0.676. The van der Waals surface area contributed by atoms with E-state index in [1.807, 2.05) is 6.61 Å². The van der Waals surface area contributed by atoms with Crippen molar-refractivity contribution in [3.8, 4) is 0 Å². The summed E-state index contributed by atoms with van der Waals surface area (Å²) in [5, 5.41) is 0. The zero-order valence-electron chi connectivity index (χ0n) is 5.09. The molecule has 47 valence electrons. The molecule has 1 saturated heterocycles. The Morgan fingerprint density at radius 1 is 1.75 bits per heavy atom. The molecule has 0 N–H and O–H groups in total. The molecule has 0 spiro atoms. The van der Waals surface area contributed by atoms with Gasteiger partial charge in [-0.15, -0.1) is 0 Å². The van der Waals surface area contributed by atoms with Crippen LogP contribution in [0.2, 0.25) is 0 Å². The fourth-order valence-corrected chi connectivity index (χ4v) is 0.676. The van der Waals surface area contributed by atoms with Gasteiger partial charge in [0.05, 0.1) is 13.2 Å². The van der Waals surface area contributed by atoms with Crippen molar-refractivity contribution in [1.29, 1.82) is 0 Å². The molecule has 0 aromatic carbocycles. The van der Waals surface area contributed by atoms with Crippen molar-refractivity contribution < 1.29 is 9.47 Å². The number of rotatable bonds is 1. The highest BCUT2D eigenvalue weighted by molar-refractivity contribution is 4.66. The van der Waals surface area contributed by atoms with Gasteiger partial charge < -0.3 is 9.47 Å². The summed E-state index contributed by atoms with van der Waals surface area (Å²) >= 11 is 0. The predicted molar refractivity (Wildman–Crippen MR) is 30.0 cm³/mol. The predicted octanol–water partition coefficient (Wildman–Crippen LogP) is 1.18. The van der Waals surface area contributed by atoms with Gasteiger partial charge in [0.25, 0.3) is 0 Å². The normalized spacial score (nSPS) is 23.6. The molecule has 0 amide bonds. The summed E-state index contributed by atoms with van der Waals surface area (Å²) < 4.78 is 9.95. The van der Waals surface area contributed by atoms with Gasteiger partial charge in [0.15, 0.2) is 0 Å². The van der Waals surface area contributed by atoms with Crippen molar-refractivity contribution in [2.45, 2.75) is 13.3 Å². The van der Waals surface area contributed by atoms with E-state index < -0.39 is 0 Å². The van der Waals surface area contributed by atoms with Crippen LogP contribution in [0, 0.1) is 12.5 Å². The van der Waals surface area contributed by atoms with E-state index in [-0.39, 0.29) is 0 Å². The van der Waals surface area contributed by atoms with Gasteiger partial charge in [0.2, 0.25) is 0 Å². The van der Waals surface area contributed by atoms with E-state index in [1.54, 1.807) is 0 Å². The minimum absolute atomic E-state index is 0.441. The molecule has 8 heavy (non-hydrogen) atoms. The maximum atomic E-state index is 5.02. The van der Waals surface area contributed by atoms with Crippen molar-refractivity contribution in [1.82, 2.24) is 0 Å². The summed E-state index contributed by atoms with van der Waals surface area (Å²) in [6, 6.07) is 0. The van der Waals surface area contributed by atoms with Crippen molar-refractivity contribution in [2.24, 2.45) is 5.92 Å². The summed E-state index contributed by atoms with van der Waals surface area (Å²) in [7, 11) is 0. The molecule has 2 heteroatoms. The third-order valence-electron chi connectivity index (χ3n) is 1.30. The quantitative estimate of drug-likeness (QED) is 0.511. The third kappa shape index (κ3) is 1.46. The minimum Gasteiger partial charge on any atom is -0.355 e. The molecule has 0 saturated carbocycles. The Bertz CT molecular complexity index is 57.5. The van der Waals surface area contributed by atoms with Gasteiger partial charge in [-0.25, -0.2) is 0 Å². The molecular formula is C6H11O2. The number of hydrogen-bond donors (Lipinski definition) is 0. The highest BCUT2D eigenvalue weighted by Crippen LogP contribution is 2.12. The van der Waals surface area contributed by atoms with Crippen LogP contribution in [-0.2, 0) is 9.47 Å². The van der Waals surface area contributed by atoms with Gasteiger partial charge in [-0.1, -0.05) is 6.92 Å². The van der Waals surface area contributed by atoms with Gasteiger partial charge >= 0.3 is 0 Å². The molecule has 1 rings (SSSR count). The third-order valence-corrected chi connectivity index (χ3v) is 1.30. The van der Waals surface area contributed by atoms with Crippen molar-refractivity contribution in [2.75, 3.05) is 13.4 Å². The molecular weight excluding hydrogens is 104 g/mol. The Kier molecular flexibility index (Phi) is 2.30. The first-order valence-electron chi connectivity index (χ1n) is 2.96. The summed E-state index contributed by atoms with van der Waals surface area (Å²) in [5.41, 5.74) is 0. The van der Waals surface area contributed by atoms with Gasteiger partial charge in [0.1, 0.15) is 6.79 Å². The Labute approximate surface area is 49.8 Å². The van der Waals surface area contributed by atoms with Crippen LogP contribution in [-0.4, -0.2) is 13.4 Å². The van der Waals surface area contributed by atoms with E-state index in [0.717, 1.165) is 13.0 Å². The molecule has 1 radical (unpaired) electrons. The van der Waals surface area contributed by atoms with Crippen LogP contribution in [0.5, 0.6) is 0 Å². The second-order valence-electron chi connectivity index (χ2n) is 1.96. The van der Waals surface area contributed by atoms with Crippen LogP contribution in [0.3, 0.4) is 0 Å². The molecule has 1 heterocycles. The summed E-state index contributed by atoms with van der Waals surface area (Å²) in [6.45, 7) is 5.26. The lowest BCUT2D eigenvalue weighted by molar-refractivity contribution is -0.0927. The van der Waals surface area contributed by atoms with E-state index in [2.05, 4.69) is 6.92 Å². The van der Waals surface area contributed by atoms with E-state index in [1.165, 1.54) is 0 Å². The van der Waals surface area contributed by atoms with Gasteiger partial charge in [-0.05, 0) is 6.42 Å². The van der Waals surface area contributed by atoms with E-state index in [4.69, 9.17) is 9.47 Å². The van der Waals surface area contributed by atoms with Crippen LogP contribution in [0.15, 0.2) is 0 Å².